The van der Waals surface area contributed by atoms with Gasteiger partial charge in [0.05, 0.1) is 6.61 Å². The Labute approximate surface area is 131 Å². The Morgan fingerprint density at radius 3 is 3.00 bits per heavy atom. The summed E-state index contributed by atoms with van der Waals surface area (Å²) in [6.07, 6.45) is 1.23. The maximum Gasteiger partial charge on any atom is 0.124 e. The summed E-state index contributed by atoms with van der Waals surface area (Å²) < 4.78 is 18.2. The Hall–Kier alpha value is -0.680. The molecule has 1 aromatic rings. The Morgan fingerprint density at radius 2 is 2.29 bits per heavy atom. The molecule has 1 aliphatic rings. The van der Waals surface area contributed by atoms with Crippen molar-refractivity contribution in [1.82, 2.24) is 9.80 Å². The van der Waals surface area contributed by atoms with Crippen LogP contribution in [0.25, 0.3) is 0 Å². The number of nitrogens with zero attached hydrogens (tertiary/aromatic N) is 2. The van der Waals surface area contributed by atoms with Gasteiger partial charge in [-0.2, -0.15) is 0 Å². The van der Waals surface area contributed by atoms with E-state index in [4.69, 9.17) is 16.3 Å². The van der Waals surface area contributed by atoms with Crippen LogP contribution in [0, 0.1) is 11.7 Å². The van der Waals surface area contributed by atoms with Crippen LogP contribution in [0.1, 0.15) is 12.0 Å². The van der Waals surface area contributed by atoms with Gasteiger partial charge in [0.15, 0.2) is 0 Å². The molecule has 3 nitrogen and oxygen atoms in total. The molecule has 1 aromatic carbocycles. The predicted molar refractivity (Wildman–Crippen MR) is 84.2 cm³/mol. The second kappa shape index (κ2) is 8.08. The summed E-state index contributed by atoms with van der Waals surface area (Å²) in [6.45, 7) is 5.89. The van der Waals surface area contributed by atoms with E-state index in [-0.39, 0.29) is 5.82 Å². The molecule has 0 bridgehead atoms. The SMILES string of the molecule is COCCN1CC[C@H](CN(C)Cc2ccc(F)cc2Cl)C1. The number of ether oxygens (including phenoxy) is 1. The molecule has 0 saturated carbocycles. The van der Waals surface area contributed by atoms with Crippen molar-refractivity contribution in [3.8, 4) is 0 Å². The van der Waals surface area contributed by atoms with Crippen LogP contribution in [-0.2, 0) is 11.3 Å². The number of halogens is 2. The van der Waals surface area contributed by atoms with Crippen molar-refractivity contribution in [3.05, 3.63) is 34.6 Å². The van der Waals surface area contributed by atoms with Gasteiger partial charge in [0.25, 0.3) is 0 Å². The standard InChI is InChI=1S/C16H24ClFN2O/c1-19(12-14-3-4-15(18)9-16(14)17)10-13-5-6-20(11-13)7-8-21-2/h3-4,9,13H,5-8,10-12H2,1-2H3/t13-/m1/s1. The molecule has 0 aliphatic carbocycles. The van der Waals surface area contributed by atoms with Crippen LogP contribution >= 0.6 is 11.6 Å². The normalized spacial score (nSPS) is 19.6. The lowest BCUT2D eigenvalue weighted by molar-refractivity contribution is 0.157. The number of hydrogen-bond donors (Lipinski definition) is 0. The van der Waals surface area contributed by atoms with Gasteiger partial charge < -0.3 is 14.5 Å². The second-order valence-corrected chi connectivity index (χ2v) is 6.29. The molecule has 0 amide bonds. The fourth-order valence-electron chi connectivity index (χ4n) is 2.93. The molecule has 5 heteroatoms. The van der Waals surface area contributed by atoms with E-state index >= 15 is 0 Å². The van der Waals surface area contributed by atoms with Gasteiger partial charge in [-0.25, -0.2) is 4.39 Å². The average molecular weight is 315 g/mol. The lowest BCUT2D eigenvalue weighted by Crippen LogP contribution is -2.29. The zero-order chi connectivity index (χ0) is 15.2. The maximum atomic E-state index is 13.0. The van der Waals surface area contributed by atoms with Crippen molar-refractivity contribution in [1.29, 1.82) is 0 Å². The van der Waals surface area contributed by atoms with Gasteiger partial charge in [-0.1, -0.05) is 17.7 Å². The fraction of sp³-hybridized carbons (Fsp3) is 0.625. The van der Waals surface area contributed by atoms with Crippen LogP contribution in [0.5, 0.6) is 0 Å². The maximum absolute atomic E-state index is 13.0. The summed E-state index contributed by atoms with van der Waals surface area (Å²) in [4.78, 5) is 4.72. The first-order valence-electron chi connectivity index (χ1n) is 7.42. The third-order valence-electron chi connectivity index (χ3n) is 4.01. The summed E-state index contributed by atoms with van der Waals surface area (Å²) in [5.74, 6) is 0.405. The first-order chi connectivity index (χ1) is 10.1. The highest BCUT2D eigenvalue weighted by atomic mass is 35.5. The smallest absolute Gasteiger partial charge is 0.124 e. The van der Waals surface area contributed by atoms with E-state index < -0.39 is 0 Å². The van der Waals surface area contributed by atoms with Crippen LogP contribution < -0.4 is 0 Å². The number of rotatable bonds is 7. The molecule has 1 atom stereocenters. The van der Waals surface area contributed by atoms with Crippen LogP contribution in [0.4, 0.5) is 4.39 Å². The van der Waals surface area contributed by atoms with Crippen molar-refractivity contribution in [2.24, 2.45) is 5.92 Å². The van der Waals surface area contributed by atoms with Gasteiger partial charge in [-0.15, -0.1) is 0 Å². The van der Waals surface area contributed by atoms with Crippen LogP contribution in [0.2, 0.25) is 5.02 Å². The van der Waals surface area contributed by atoms with Gasteiger partial charge >= 0.3 is 0 Å². The molecule has 0 N–H and O–H groups in total. The van der Waals surface area contributed by atoms with E-state index in [2.05, 4.69) is 16.8 Å². The molecule has 0 unspecified atom stereocenters. The Kier molecular flexibility index (Phi) is 6.42. The summed E-state index contributed by atoms with van der Waals surface area (Å²) in [6, 6.07) is 4.62. The van der Waals surface area contributed by atoms with E-state index in [0.29, 0.717) is 10.9 Å². The highest BCUT2D eigenvalue weighted by Gasteiger charge is 2.23. The average Bonchev–Trinajstić information content (AvgIpc) is 2.87. The van der Waals surface area contributed by atoms with E-state index in [9.17, 15) is 4.39 Å². The Bertz CT molecular complexity index is 458. The van der Waals surface area contributed by atoms with Crippen molar-refractivity contribution in [2.75, 3.05) is 46.9 Å². The largest absolute Gasteiger partial charge is 0.383 e. The molecular weight excluding hydrogens is 291 g/mol. The molecule has 0 radical (unpaired) electrons. The molecule has 0 aromatic heterocycles. The minimum atomic E-state index is -0.281. The van der Waals surface area contributed by atoms with Gasteiger partial charge in [0, 0.05) is 38.3 Å². The third kappa shape index (κ3) is 5.22. The molecule has 1 heterocycles. The lowest BCUT2D eigenvalue weighted by Gasteiger charge is -2.22. The Morgan fingerprint density at radius 1 is 1.48 bits per heavy atom. The van der Waals surface area contributed by atoms with Crippen molar-refractivity contribution >= 4 is 11.6 Å². The molecule has 1 fully saturated rings. The van der Waals surface area contributed by atoms with Gasteiger partial charge in [0.2, 0.25) is 0 Å². The zero-order valence-corrected chi connectivity index (χ0v) is 13.6. The van der Waals surface area contributed by atoms with Crippen LogP contribution in [0.15, 0.2) is 18.2 Å². The quantitative estimate of drug-likeness (QED) is 0.769. The molecule has 118 valence electrons. The first-order valence-corrected chi connectivity index (χ1v) is 7.80. The molecular formula is C16H24ClFN2O. The van der Waals surface area contributed by atoms with Gasteiger partial charge in [-0.05, 0) is 43.6 Å². The summed E-state index contributed by atoms with van der Waals surface area (Å²) in [5.41, 5.74) is 0.981. The topological polar surface area (TPSA) is 15.7 Å². The fourth-order valence-corrected chi connectivity index (χ4v) is 3.16. The monoisotopic (exact) mass is 314 g/mol. The van der Waals surface area contributed by atoms with Crippen molar-refractivity contribution in [3.63, 3.8) is 0 Å². The third-order valence-corrected chi connectivity index (χ3v) is 4.36. The first kappa shape index (κ1) is 16.7. The van der Waals surface area contributed by atoms with E-state index in [1.54, 1.807) is 13.2 Å². The minimum Gasteiger partial charge on any atom is -0.383 e. The van der Waals surface area contributed by atoms with Crippen LogP contribution in [-0.4, -0.2) is 56.7 Å². The van der Waals surface area contributed by atoms with E-state index in [1.165, 1.54) is 18.6 Å². The number of hydrogen-bond acceptors (Lipinski definition) is 3. The molecule has 1 aliphatic heterocycles. The van der Waals surface area contributed by atoms with E-state index in [1.807, 2.05) is 0 Å². The van der Waals surface area contributed by atoms with Gasteiger partial charge in [-0.3, -0.25) is 0 Å². The molecule has 21 heavy (non-hydrogen) atoms. The summed E-state index contributed by atoms with van der Waals surface area (Å²) in [5, 5.41) is 0.509. The number of likely N-dealkylation sites (tertiary alicyclic amines) is 1. The highest BCUT2D eigenvalue weighted by Crippen LogP contribution is 2.21. The zero-order valence-electron chi connectivity index (χ0n) is 12.8. The predicted octanol–water partition coefficient (Wildman–Crippen LogP) is 2.88. The van der Waals surface area contributed by atoms with E-state index in [0.717, 1.165) is 44.9 Å². The molecule has 1 saturated heterocycles. The second-order valence-electron chi connectivity index (χ2n) is 5.88. The molecule has 0 spiro atoms. The minimum absolute atomic E-state index is 0.281. The van der Waals surface area contributed by atoms with Crippen LogP contribution in [0.3, 0.4) is 0 Å². The lowest BCUT2D eigenvalue weighted by atomic mass is 10.1. The summed E-state index contributed by atoms with van der Waals surface area (Å²) in [7, 11) is 3.84. The Balaban J connectivity index is 1.78. The van der Waals surface area contributed by atoms with Crippen molar-refractivity contribution in [2.45, 2.75) is 13.0 Å². The van der Waals surface area contributed by atoms with Gasteiger partial charge in [0.1, 0.15) is 5.82 Å². The number of benzene rings is 1. The highest BCUT2D eigenvalue weighted by molar-refractivity contribution is 6.31. The van der Waals surface area contributed by atoms with Crippen molar-refractivity contribution < 1.29 is 9.13 Å². The molecule has 2 rings (SSSR count). The number of methoxy groups -OCH3 is 1. The summed E-state index contributed by atoms with van der Waals surface area (Å²) >= 11 is 6.08.